The van der Waals surface area contributed by atoms with Gasteiger partial charge in [-0.05, 0) is 42.8 Å². The van der Waals surface area contributed by atoms with E-state index in [0.717, 1.165) is 28.6 Å². The minimum atomic E-state index is -4.38. The zero-order valence-electron chi connectivity index (χ0n) is 14.2. The van der Waals surface area contributed by atoms with Crippen molar-refractivity contribution in [3.8, 4) is 0 Å². The van der Waals surface area contributed by atoms with Crippen LogP contribution in [0.4, 0.5) is 23.7 Å². The molecule has 4 nitrogen and oxygen atoms in total. The number of urea groups is 1. The number of pyridine rings is 1. The second kappa shape index (κ2) is 7.44. The Balaban J connectivity index is 1.69. The van der Waals surface area contributed by atoms with Crippen molar-refractivity contribution in [2.75, 3.05) is 5.32 Å². The number of carbonyl (C=O) groups is 1. The molecule has 3 aromatic rings. The molecule has 0 fully saturated rings. The third kappa shape index (κ3) is 4.68. The number of amides is 2. The summed E-state index contributed by atoms with van der Waals surface area (Å²) in [6.45, 7) is 1.92. The quantitative estimate of drug-likeness (QED) is 0.614. The van der Waals surface area contributed by atoms with Crippen LogP contribution in [0.15, 0.2) is 48.7 Å². The second-order valence-corrected chi connectivity index (χ2v) is 6.44. The number of aryl methyl sites for hydroxylation is 1. The number of fused-ring (bicyclic) bond motifs is 1. The Morgan fingerprint density at radius 1 is 1.15 bits per heavy atom. The summed E-state index contributed by atoms with van der Waals surface area (Å²) in [7, 11) is 0. The Morgan fingerprint density at radius 2 is 1.85 bits per heavy atom. The SMILES string of the molecule is Cc1cc2c(NC(=O)NCc3ccc(C(F)(F)F)cc3)cc(Cl)cc2cn1. The molecule has 2 aromatic carbocycles. The first-order valence-electron chi connectivity index (χ1n) is 7.99. The van der Waals surface area contributed by atoms with Gasteiger partial charge in [-0.25, -0.2) is 4.79 Å². The van der Waals surface area contributed by atoms with Crippen LogP contribution in [0.2, 0.25) is 5.02 Å². The van der Waals surface area contributed by atoms with Crippen molar-refractivity contribution in [1.82, 2.24) is 10.3 Å². The minimum absolute atomic E-state index is 0.0864. The average Bonchev–Trinajstić information content (AvgIpc) is 2.60. The van der Waals surface area contributed by atoms with Gasteiger partial charge < -0.3 is 10.6 Å². The molecule has 0 saturated heterocycles. The first-order valence-corrected chi connectivity index (χ1v) is 8.37. The van der Waals surface area contributed by atoms with Gasteiger partial charge in [0.1, 0.15) is 0 Å². The van der Waals surface area contributed by atoms with Crippen LogP contribution in [0, 0.1) is 6.92 Å². The lowest BCUT2D eigenvalue weighted by Gasteiger charge is -2.12. The maximum Gasteiger partial charge on any atom is 0.416 e. The summed E-state index contributed by atoms with van der Waals surface area (Å²) >= 11 is 6.08. The van der Waals surface area contributed by atoms with Crippen molar-refractivity contribution >= 4 is 34.1 Å². The van der Waals surface area contributed by atoms with Crippen LogP contribution in [0.25, 0.3) is 10.8 Å². The summed E-state index contributed by atoms with van der Waals surface area (Å²) in [5.41, 5.74) is 1.13. The minimum Gasteiger partial charge on any atom is -0.334 e. The summed E-state index contributed by atoms with van der Waals surface area (Å²) in [6, 6.07) is 9.32. The van der Waals surface area contributed by atoms with Gasteiger partial charge in [0.15, 0.2) is 0 Å². The second-order valence-electron chi connectivity index (χ2n) is 6.00. The summed E-state index contributed by atoms with van der Waals surface area (Å²) in [5.74, 6) is 0. The Hall–Kier alpha value is -2.80. The smallest absolute Gasteiger partial charge is 0.334 e. The molecule has 2 N–H and O–H groups in total. The molecule has 0 aliphatic rings. The molecule has 0 unspecified atom stereocenters. The average molecular weight is 394 g/mol. The summed E-state index contributed by atoms with van der Waals surface area (Å²) < 4.78 is 37.7. The van der Waals surface area contributed by atoms with Crippen LogP contribution in [-0.4, -0.2) is 11.0 Å². The normalized spacial score (nSPS) is 11.4. The lowest BCUT2D eigenvalue weighted by atomic mass is 10.1. The number of aromatic nitrogens is 1. The van der Waals surface area contributed by atoms with Crippen molar-refractivity contribution in [3.05, 3.63) is 70.5 Å². The lowest BCUT2D eigenvalue weighted by molar-refractivity contribution is -0.137. The summed E-state index contributed by atoms with van der Waals surface area (Å²) in [4.78, 5) is 16.4. The number of benzene rings is 2. The third-order valence-electron chi connectivity index (χ3n) is 3.92. The molecule has 0 spiro atoms. The maximum absolute atomic E-state index is 12.6. The maximum atomic E-state index is 12.6. The fraction of sp³-hybridized carbons (Fsp3) is 0.158. The number of alkyl halides is 3. The molecule has 1 heterocycles. The van der Waals surface area contributed by atoms with E-state index in [1.54, 1.807) is 18.3 Å². The predicted octanol–water partition coefficient (Wildman–Crippen LogP) is 5.54. The number of carbonyl (C=O) groups excluding carboxylic acids is 1. The van der Waals surface area contributed by atoms with Gasteiger partial charge in [0.05, 0.1) is 11.3 Å². The number of nitrogens with one attached hydrogen (secondary N) is 2. The molecule has 0 radical (unpaired) electrons. The number of halogens is 4. The lowest BCUT2D eigenvalue weighted by Crippen LogP contribution is -2.28. The zero-order chi connectivity index (χ0) is 19.6. The van der Waals surface area contributed by atoms with Crippen LogP contribution in [0.3, 0.4) is 0 Å². The van der Waals surface area contributed by atoms with E-state index in [9.17, 15) is 18.0 Å². The van der Waals surface area contributed by atoms with E-state index >= 15 is 0 Å². The molecule has 0 aliphatic carbocycles. The fourth-order valence-corrected chi connectivity index (χ4v) is 2.82. The molecule has 2 amide bonds. The number of hydrogen-bond acceptors (Lipinski definition) is 2. The van der Waals surface area contributed by atoms with E-state index in [-0.39, 0.29) is 6.54 Å². The van der Waals surface area contributed by atoms with Gasteiger partial charge in [-0.15, -0.1) is 0 Å². The Morgan fingerprint density at radius 3 is 2.52 bits per heavy atom. The van der Waals surface area contributed by atoms with E-state index in [1.165, 1.54) is 12.1 Å². The molecule has 8 heteroatoms. The Bertz CT molecular complexity index is 988. The first-order chi connectivity index (χ1) is 12.7. The van der Waals surface area contributed by atoms with Gasteiger partial charge in [-0.1, -0.05) is 23.7 Å². The van der Waals surface area contributed by atoms with Gasteiger partial charge >= 0.3 is 12.2 Å². The van der Waals surface area contributed by atoms with Gasteiger partial charge in [0.25, 0.3) is 0 Å². The molecular formula is C19H15ClF3N3O. The highest BCUT2D eigenvalue weighted by molar-refractivity contribution is 6.32. The van der Waals surface area contributed by atoms with Crippen molar-refractivity contribution < 1.29 is 18.0 Å². The Kier molecular flexibility index (Phi) is 5.23. The molecule has 140 valence electrons. The van der Waals surface area contributed by atoms with Crippen LogP contribution in [-0.2, 0) is 12.7 Å². The molecule has 0 bridgehead atoms. The Labute approximate surface area is 158 Å². The largest absolute Gasteiger partial charge is 0.416 e. The van der Waals surface area contributed by atoms with Crippen molar-refractivity contribution in [2.45, 2.75) is 19.6 Å². The number of rotatable bonds is 3. The molecule has 1 aromatic heterocycles. The van der Waals surface area contributed by atoms with E-state index in [0.29, 0.717) is 16.3 Å². The highest BCUT2D eigenvalue weighted by atomic mass is 35.5. The summed E-state index contributed by atoms with van der Waals surface area (Å²) in [6.07, 6.45) is -2.72. The van der Waals surface area contributed by atoms with E-state index in [2.05, 4.69) is 15.6 Å². The zero-order valence-corrected chi connectivity index (χ0v) is 14.9. The number of nitrogens with zero attached hydrogens (tertiary/aromatic N) is 1. The number of hydrogen-bond donors (Lipinski definition) is 2. The van der Waals surface area contributed by atoms with Gasteiger partial charge in [-0.3, -0.25) is 4.98 Å². The molecule has 0 saturated carbocycles. The predicted molar refractivity (Wildman–Crippen MR) is 98.8 cm³/mol. The first kappa shape index (κ1) is 19.0. The van der Waals surface area contributed by atoms with Gasteiger partial charge in [-0.2, -0.15) is 13.2 Å². The van der Waals surface area contributed by atoms with Crippen LogP contribution >= 0.6 is 11.6 Å². The molecular weight excluding hydrogens is 379 g/mol. The van der Waals surface area contributed by atoms with Gasteiger partial charge in [0.2, 0.25) is 0 Å². The van der Waals surface area contributed by atoms with Crippen molar-refractivity contribution in [3.63, 3.8) is 0 Å². The fourth-order valence-electron chi connectivity index (χ4n) is 2.59. The van der Waals surface area contributed by atoms with E-state index < -0.39 is 17.8 Å². The van der Waals surface area contributed by atoms with Crippen molar-refractivity contribution in [2.24, 2.45) is 0 Å². The summed E-state index contributed by atoms with van der Waals surface area (Å²) in [5, 5.41) is 7.35. The van der Waals surface area contributed by atoms with E-state index in [1.807, 2.05) is 13.0 Å². The highest BCUT2D eigenvalue weighted by Crippen LogP contribution is 2.29. The van der Waals surface area contributed by atoms with Crippen LogP contribution in [0.1, 0.15) is 16.8 Å². The van der Waals surface area contributed by atoms with E-state index in [4.69, 9.17) is 11.6 Å². The monoisotopic (exact) mass is 393 g/mol. The topological polar surface area (TPSA) is 54.0 Å². The van der Waals surface area contributed by atoms with Gasteiger partial charge in [0, 0.05) is 34.2 Å². The highest BCUT2D eigenvalue weighted by Gasteiger charge is 2.29. The molecule has 27 heavy (non-hydrogen) atoms. The van der Waals surface area contributed by atoms with Crippen LogP contribution in [0.5, 0.6) is 0 Å². The van der Waals surface area contributed by atoms with Crippen LogP contribution < -0.4 is 10.6 Å². The van der Waals surface area contributed by atoms with Crippen molar-refractivity contribution in [1.29, 1.82) is 0 Å². The number of anilines is 1. The molecule has 3 rings (SSSR count). The standard InChI is InChI=1S/C19H15ClF3N3O/c1-11-6-16-13(10-24-11)7-15(20)8-17(16)26-18(27)25-9-12-2-4-14(5-3-12)19(21,22)23/h2-8,10H,9H2,1H3,(H2,25,26,27). The molecule has 0 aliphatic heterocycles. The third-order valence-corrected chi connectivity index (χ3v) is 4.14. The molecule has 0 atom stereocenters.